The predicted molar refractivity (Wildman–Crippen MR) is 55.2 cm³/mol. The van der Waals surface area contributed by atoms with Crippen LogP contribution in [-0.4, -0.2) is 19.3 Å². The number of nitrogens with two attached hydrogens (primary N) is 1. The molecule has 0 saturated heterocycles. The van der Waals surface area contributed by atoms with Crippen molar-refractivity contribution in [3.8, 4) is 5.75 Å². The highest BCUT2D eigenvalue weighted by molar-refractivity contribution is 5.32. The minimum absolute atomic E-state index is 0.104. The number of aryl methyl sites for hydroxylation is 1. The van der Waals surface area contributed by atoms with Crippen LogP contribution < -0.4 is 10.5 Å². The smallest absolute Gasteiger partial charge is 0.396 e. The molecule has 0 aliphatic rings. The van der Waals surface area contributed by atoms with Gasteiger partial charge in [-0.25, -0.2) is 4.39 Å². The van der Waals surface area contributed by atoms with E-state index in [2.05, 4.69) is 0 Å². The summed E-state index contributed by atoms with van der Waals surface area (Å²) in [6.45, 7) is 0.460. The average Bonchev–Trinajstić information content (AvgIpc) is 2.22. The number of hydrogen-bond acceptors (Lipinski definition) is 2. The molecule has 1 unspecified atom stereocenters. The predicted octanol–water partition coefficient (Wildman–Crippen LogP) is 2.65. The highest BCUT2D eigenvalue weighted by atomic mass is 19.4. The molecule has 0 aromatic heterocycles. The fourth-order valence-electron chi connectivity index (χ4n) is 1.22. The highest BCUT2D eigenvalue weighted by Gasteiger charge is 2.39. The van der Waals surface area contributed by atoms with Crippen molar-refractivity contribution < 1.29 is 22.3 Å². The quantitative estimate of drug-likeness (QED) is 0.835. The van der Waals surface area contributed by atoms with Crippen LogP contribution in [0.4, 0.5) is 17.6 Å². The summed E-state index contributed by atoms with van der Waals surface area (Å²) in [7, 11) is 0. The van der Waals surface area contributed by atoms with E-state index in [-0.39, 0.29) is 5.75 Å². The molecule has 0 aliphatic heterocycles. The Bertz CT molecular complexity index is 378. The number of halogens is 4. The van der Waals surface area contributed by atoms with Gasteiger partial charge in [-0.1, -0.05) is 6.07 Å². The van der Waals surface area contributed by atoms with Crippen molar-refractivity contribution in [1.82, 2.24) is 0 Å². The standard InChI is InChI=1S/C11H13F4NO/c1-7-2-3-9(12)4-10(7)17-6-8(5-16)11(13,14)15/h2-4,8H,5-6,16H2,1H3. The Balaban J connectivity index is 2.69. The summed E-state index contributed by atoms with van der Waals surface area (Å²) >= 11 is 0. The van der Waals surface area contributed by atoms with Gasteiger partial charge in [0.05, 0.1) is 0 Å². The van der Waals surface area contributed by atoms with Crippen molar-refractivity contribution in [3.63, 3.8) is 0 Å². The summed E-state index contributed by atoms with van der Waals surface area (Å²) in [4.78, 5) is 0. The third-order valence-electron chi connectivity index (χ3n) is 2.34. The zero-order chi connectivity index (χ0) is 13.1. The molecule has 17 heavy (non-hydrogen) atoms. The molecule has 6 heteroatoms. The van der Waals surface area contributed by atoms with Gasteiger partial charge in [-0.15, -0.1) is 0 Å². The van der Waals surface area contributed by atoms with E-state index in [0.717, 1.165) is 6.07 Å². The van der Waals surface area contributed by atoms with Gasteiger partial charge < -0.3 is 10.5 Å². The second-order valence-electron chi connectivity index (χ2n) is 3.70. The maximum absolute atomic E-state index is 12.9. The van der Waals surface area contributed by atoms with Gasteiger partial charge in [0.2, 0.25) is 0 Å². The summed E-state index contributed by atoms with van der Waals surface area (Å²) < 4.78 is 54.9. The van der Waals surface area contributed by atoms with E-state index in [1.165, 1.54) is 12.1 Å². The molecule has 1 aromatic carbocycles. The number of alkyl halides is 3. The van der Waals surface area contributed by atoms with E-state index in [0.29, 0.717) is 5.56 Å². The van der Waals surface area contributed by atoms with Gasteiger partial charge in [-0.3, -0.25) is 0 Å². The first kappa shape index (κ1) is 13.8. The minimum atomic E-state index is -4.41. The Morgan fingerprint density at radius 3 is 2.53 bits per heavy atom. The van der Waals surface area contributed by atoms with Crippen LogP contribution in [0.15, 0.2) is 18.2 Å². The van der Waals surface area contributed by atoms with Crippen molar-refractivity contribution in [3.05, 3.63) is 29.6 Å². The first-order valence-corrected chi connectivity index (χ1v) is 5.00. The molecule has 0 amide bonds. The van der Waals surface area contributed by atoms with E-state index in [1.807, 2.05) is 0 Å². The largest absolute Gasteiger partial charge is 0.493 e. The van der Waals surface area contributed by atoms with E-state index in [1.54, 1.807) is 6.92 Å². The molecule has 0 heterocycles. The van der Waals surface area contributed by atoms with Gasteiger partial charge >= 0.3 is 6.18 Å². The molecule has 0 radical (unpaired) electrons. The van der Waals surface area contributed by atoms with Crippen LogP contribution in [0.5, 0.6) is 5.75 Å². The number of rotatable bonds is 4. The van der Waals surface area contributed by atoms with Gasteiger partial charge in [0, 0.05) is 12.6 Å². The fourth-order valence-corrected chi connectivity index (χ4v) is 1.22. The maximum Gasteiger partial charge on any atom is 0.396 e. The Kier molecular flexibility index (Phi) is 4.34. The zero-order valence-electron chi connectivity index (χ0n) is 9.22. The van der Waals surface area contributed by atoms with Crippen LogP contribution in [0.2, 0.25) is 0 Å². The molecule has 2 nitrogen and oxygen atoms in total. The number of ether oxygens (including phenoxy) is 1. The van der Waals surface area contributed by atoms with Crippen molar-refractivity contribution in [2.45, 2.75) is 13.1 Å². The van der Waals surface area contributed by atoms with Gasteiger partial charge in [0.15, 0.2) is 0 Å². The lowest BCUT2D eigenvalue weighted by atomic mass is 10.1. The van der Waals surface area contributed by atoms with Crippen LogP contribution >= 0.6 is 0 Å². The van der Waals surface area contributed by atoms with E-state index < -0.39 is 31.1 Å². The zero-order valence-corrected chi connectivity index (χ0v) is 9.22. The summed E-state index contributed by atoms with van der Waals surface area (Å²) in [5.74, 6) is -2.19. The molecule has 0 aliphatic carbocycles. The van der Waals surface area contributed by atoms with Crippen molar-refractivity contribution in [1.29, 1.82) is 0 Å². The van der Waals surface area contributed by atoms with Crippen LogP contribution in [0.25, 0.3) is 0 Å². The van der Waals surface area contributed by atoms with E-state index in [4.69, 9.17) is 10.5 Å². The van der Waals surface area contributed by atoms with Gasteiger partial charge in [0.25, 0.3) is 0 Å². The summed E-state index contributed by atoms with van der Waals surface area (Å²) in [5, 5.41) is 0. The second-order valence-corrected chi connectivity index (χ2v) is 3.70. The van der Waals surface area contributed by atoms with Crippen molar-refractivity contribution >= 4 is 0 Å². The monoisotopic (exact) mass is 251 g/mol. The molecule has 0 saturated carbocycles. The number of hydrogen-bond donors (Lipinski definition) is 1. The number of benzene rings is 1. The highest BCUT2D eigenvalue weighted by Crippen LogP contribution is 2.27. The SMILES string of the molecule is Cc1ccc(F)cc1OCC(CN)C(F)(F)F. The van der Waals surface area contributed by atoms with Crippen molar-refractivity contribution in [2.75, 3.05) is 13.2 Å². The van der Waals surface area contributed by atoms with Crippen LogP contribution in [0.1, 0.15) is 5.56 Å². The molecular weight excluding hydrogens is 238 g/mol. The van der Waals surface area contributed by atoms with Crippen molar-refractivity contribution in [2.24, 2.45) is 11.7 Å². The molecular formula is C11H13F4NO. The maximum atomic E-state index is 12.9. The molecule has 1 atom stereocenters. The topological polar surface area (TPSA) is 35.2 Å². The lowest BCUT2D eigenvalue weighted by molar-refractivity contribution is -0.178. The van der Waals surface area contributed by atoms with Crippen LogP contribution in [0.3, 0.4) is 0 Å². The average molecular weight is 251 g/mol. The van der Waals surface area contributed by atoms with E-state index in [9.17, 15) is 17.6 Å². The second kappa shape index (κ2) is 5.35. The van der Waals surface area contributed by atoms with Crippen LogP contribution in [0, 0.1) is 18.7 Å². The summed E-state index contributed by atoms with van der Waals surface area (Å²) in [6, 6.07) is 3.71. The molecule has 1 rings (SSSR count). The van der Waals surface area contributed by atoms with Gasteiger partial charge in [-0.2, -0.15) is 13.2 Å². The normalized spacial score (nSPS) is 13.5. The lowest BCUT2D eigenvalue weighted by Gasteiger charge is -2.19. The lowest BCUT2D eigenvalue weighted by Crippen LogP contribution is -2.35. The van der Waals surface area contributed by atoms with E-state index >= 15 is 0 Å². The Morgan fingerprint density at radius 1 is 1.35 bits per heavy atom. The molecule has 2 N–H and O–H groups in total. The molecule has 0 fully saturated rings. The summed E-state index contributed by atoms with van der Waals surface area (Å²) in [5.41, 5.74) is 5.59. The molecule has 0 bridgehead atoms. The third kappa shape index (κ3) is 3.89. The minimum Gasteiger partial charge on any atom is -0.493 e. The Labute approximate surface area is 96.4 Å². The van der Waals surface area contributed by atoms with Crippen LogP contribution in [-0.2, 0) is 0 Å². The fraction of sp³-hybridized carbons (Fsp3) is 0.455. The molecule has 0 spiro atoms. The summed E-state index contributed by atoms with van der Waals surface area (Å²) in [6.07, 6.45) is -4.41. The molecule has 1 aromatic rings. The van der Waals surface area contributed by atoms with Gasteiger partial charge in [0.1, 0.15) is 24.1 Å². The molecule has 96 valence electrons. The third-order valence-corrected chi connectivity index (χ3v) is 2.34. The Hall–Kier alpha value is -1.30. The van der Waals surface area contributed by atoms with Gasteiger partial charge in [-0.05, 0) is 18.6 Å². The first-order valence-electron chi connectivity index (χ1n) is 5.00. The first-order chi connectivity index (χ1) is 7.84. The Morgan fingerprint density at radius 2 is 2.00 bits per heavy atom.